The fraction of sp³-hybridized carbons (Fsp3) is 0.143. The number of nitrogens with one attached hydrogen (secondary N) is 1. The Balaban J connectivity index is 4.06. The minimum absolute atomic E-state index is 0.577. The number of rotatable bonds is 3. The summed E-state index contributed by atoms with van der Waals surface area (Å²) in [6.07, 6.45) is 6.94. The normalized spacial score (nSPS) is 11.9. The minimum atomic E-state index is 0.577. The van der Waals surface area contributed by atoms with Crippen molar-refractivity contribution in [1.29, 1.82) is 5.53 Å². The minimum Gasteiger partial charge on any atom is -0.204 e. The van der Waals surface area contributed by atoms with E-state index in [9.17, 15) is 0 Å². The van der Waals surface area contributed by atoms with Gasteiger partial charge in [0, 0.05) is 0 Å². The highest BCUT2D eigenvalue weighted by Gasteiger charge is 1.78. The van der Waals surface area contributed by atoms with Gasteiger partial charge < -0.3 is 0 Å². The van der Waals surface area contributed by atoms with E-state index in [4.69, 9.17) is 5.53 Å². The van der Waals surface area contributed by atoms with Crippen molar-refractivity contribution in [2.75, 3.05) is 0 Å². The number of hydrogen-bond acceptors (Lipinski definition) is 2. The second-order valence-electron chi connectivity index (χ2n) is 1.43. The third kappa shape index (κ3) is 3.41. The van der Waals surface area contributed by atoms with Gasteiger partial charge in [-0.3, -0.25) is 0 Å². The summed E-state index contributed by atoms with van der Waals surface area (Å²) in [6, 6.07) is 0. The van der Waals surface area contributed by atoms with E-state index in [2.05, 4.69) is 11.7 Å². The molecule has 9 heavy (non-hydrogen) atoms. The zero-order valence-corrected chi connectivity index (χ0v) is 5.46. The molecule has 0 fully saturated rings. The topological polar surface area (TPSA) is 36.2 Å². The molecule has 0 aliphatic rings. The average Bonchev–Trinajstić information content (AvgIpc) is 1.91. The van der Waals surface area contributed by atoms with E-state index in [0.29, 0.717) is 5.70 Å². The highest BCUT2D eigenvalue weighted by atomic mass is 15.0. The van der Waals surface area contributed by atoms with Gasteiger partial charge in [0.15, 0.2) is 0 Å². The van der Waals surface area contributed by atoms with E-state index < -0.39 is 0 Å². The van der Waals surface area contributed by atoms with E-state index in [1.54, 1.807) is 6.08 Å². The average molecular weight is 122 g/mol. The SMILES string of the molecule is C=C/C(=C\C=C/C)N=N. The first-order valence-electron chi connectivity index (χ1n) is 2.68. The van der Waals surface area contributed by atoms with Crippen LogP contribution in [0.3, 0.4) is 0 Å². The molecule has 0 saturated heterocycles. The third-order valence-electron chi connectivity index (χ3n) is 0.798. The maximum atomic E-state index is 6.59. The molecule has 0 atom stereocenters. The molecule has 0 saturated carbocycles. The predicted molar refractivity (Wildman–Crippen MR) is 38.2 cm³/mol. The summed E-state index contributed by atoms with van der Waals surface area (Å²) in [6.45, 7) is 5.37. The van der Waals surface area contributed by atoms with Gasteiger partial charge >= 0.3 is 0 Å². The Kier molecular flexibility index (Phi) is 4.32. The Morgan fingerprint density at radius 3 is 2.67 bits per heavy atom. The van der Waals surface area contributed by atoms with E-state index in [-0.39, 0.29) is 0 Å². The Bertz CT molecular complexity index is 144. The summed E-state index contributed by atoms with van der Waals surface area (Å²) in [4.78, 5) is 0. The van der Waals surface area contributed by atoms with Crippen LogP contribution in [0.15, 0.2) is 41.7 Å². The Morgan fingerprint density at radius 2 is 2.33 bits per heavy atom. The summed E-state index contributed by atoms with van der Waals surface area (Å²) in [7, 11) is 0. The molecule has 0 heterocycles. The van der Waals surface area contributed by atoms with Gasteiger partial charge in [-0.2, -0.15) is 5.11 Å². The largest absolute Gasteiger partial charge is 0.204 e. The van der Waals surface area contributed by atoms with Crippen LogP contribution in [0.5, 0.6) is 0 Å². The number of nitrogens with zero attached hydrogens (tertiary/aromatic N) is 1. The first-order chi connectivity index (χ1) is 4.35. The summed E-state index contributed by atoms with van der Waals surface area (Å²) >= 11 is 0. The van der Waals surface area contributed by atoms with Crippen molar-refractivity contribution in [1.82, 2.24) is 0 Å². The first kappa shape index (κ1) is 7.82. The van der Waals surface area contributed by atoms with Crippen LogP contribution < -0.4 is 0 Å². The molecule has 0 aliphatic carbocycles. The fourth-order valence-electron chi connectivity index (χ4n) is 0.346. The number of allylic oxidation sites excluding steroid dienone is 4. The van der Waals surface area contributed by atoms with Gasteiger partial charge in [-0.1, -0.05) is 18.7 Å². The molecule has 48 valence electrons. The van der Waals surface area contributed by atoms with Crippen LogP contribution in [0.25, 0.3) is 0 Å². The second kappa shape index (κ2) is 4.97. The third-order valence-corrected chi connectivity index (χ3v) is 0.798. The highest BCUT2D eigenvalue weighted by Crippen LogP contribution is 1.95. The molecule has 2 nitrogen and oxygen atoms in total. The van der Waals surface area contributed by atoms with E-state index in [1.165, 1.54) is 6.08 Å². The van der Waals surface area contributed by atoms with Crippen LogP contribution in [0, 0.1) is 5.53 Å². The molecule has 0 unspecified atom stereocenters. The van der Waals surface area contributed by atoms with Crippen LogP contribution >= 0.6 is 0 Å². The van der Waals surface area contributed by atoms with E-state index in [1.807, 2.05) is 19.1 Å². The van der Waals surface area contributed by atoms with Gasteiger partial charge in [0.25, 0.3) is 0 Å². The van der Waals surface area contributed by atoms with E-state index in [0.717, 1.165) is 0 Å². The molecule has 0 aliphatic heterocycles. The Morgan fingerprint density at radius 1 is 1.67 bits per heavy atom. The highest BCUT2D eigenvalue weighted by molar-refractivity contribution is 5.19. The summed E-state index contributed by atoms with van der Waals surface area (Å²) in [5.74, 6) is 0. The van der Waals surface area contributed by atoms with Crippen LogP contribution in [0.1, 0.15) is 6.92 Å². The lowest BCUT2D eigenvalue weighted by Crippen LogP contribution is -1.63. The van der Waals surface area contributed by atoms with Crippen molar-refractivity contribution in [2.45, 2.75) is 6.92 Å². The lowest BCUT2D eigenvalue weighted by molar-refractivity contribution is 1.09. The van der Waals surface area contributed by atoms with Crippen LogP contribution in [0.4, 0.5) is 0 Å². The van der Waals surface area contributed by atoms with Crippen molar-refractivity contribution in [3.63, 3.8) is 0 Å². The first-order valence-corrected chi connectivity index (χ1v) is 2.68. The van der Waals surface area contributed by atoms with Crippen molar-refractivity contribution in [3.8, 4) is 0 Å². The van der Waals surface area contributed by atoms with Crippen molar-refractivity contribution >= 4 is 0 Å². The molecule has 0 aromatic heterocycles. The molecule has 0 radical (unpaired) electrons. The van der Waals surface area contributed by atoms with Crippen molar-refractivity contribution < 1.29 is 0 Å². The van der Waals surface area contributed by atoms with Gasteiger partial charge in [0.05, 0.1) is 5.70 Å². The lowest BCUT2D eigenvalue weighted by atomic mass is 10.4. The van der Waals surface area contributed by atoms with Crippen LogP contribution in [-0.4, -0.2) is 0 Å². The second-order valence-corrected chi connectivity index (χ2v) is 1.43. The summed E-state index contributed by atoms with van der Waals surface area (Å²) < 4.78 is 0. The number of hydrogen-bond donors (Lipinski definition) is 1. The molecule has 1 N–H and O–H groups in total. The van der Waals surface area contributed by atoms with Gasteiger partial charge in [-0.15, -0.1) is 0 Å². The predicted octanol–water partition coefficient (Wildman–Crippen LogP) is 2.66. The molecular formula is C7H10N2. The summed E-state index contributed by atoms with van der Waals surface area (Å²) in [5.41, 5.74) is 7.17. The van der Waals surface area contributed by atoms with E-state index >= 15 is 0 Å². The molecule has 0 bridgehead atoms. The molecule has 0 amide bonds. The zero-order valence-electron chi connectivity index (χ0n) is 5.46. The molecule has 0 spiro atoms. The zero-order chi connectivity index (χ0) is 7.11. The van der Waals surface area contributed by atoms with Gasteiger partial charge in [-0.25, -0.2) is 5.53 Å². The Labute approximate surface area is 55.1 Å². The van der Waals surface area contributed by atoms with Gasteiger partial charge in [-0.05, 0) is 19.1 Å². The quantitative estimate of drug-likeness (QED) is 0.441. The standard InChI is InChI=1S/C7H10N2/c1-3-5-6-7(4-2)9-8/h3-6,8H,2H2,1H3/b5-3-,7-6+,9-8?. The van der Waals surface area contributed by atoms with Crippen LogP contribution in [-0.2, 0) is 0 Å². The van der Waals surface area contributed by atoms with Crippen molar-refractivity contribution in [3.05, 3.63) is 36.6 Å². The fourth-order valence-corrected chi connectivity index (χ4v) is 0.346. The summed E-state index contributed by atoms with van der Waals surface area (Å²) in [5, 5.41) is 3.19. The maximum absolute atomic E-state index is 6.59. The van der Waals surface area contributed by atoms with Gasteiger partial charge in [0.1, 0.15) is 0 Å². The van der Waals surface area contributed by atoms with Gasteiger partial charge in [0.2, 0.25) is 0 Å². The van der Waals surface area contributed by atoms with Crippen LogP contribution in [0.2, 0.25) is 0 Å². The molecule has 0 aromatic rings. The maximum Gasteiger partial charge on any atom is 0.0843 e. The molecular weight excluding hydrogens is 112 g/mol. The molecule has 0 aromatic carbocycles. The smallest absolute Gasteiger partial charge is 0.0843 e. The Hall–Kier alpha value is -1.18. The monoisotopic (exact) mass is 122 g/mol. The molecule has 2 heteroatoms. The van der Waals surface area contributed by atoms with Crippen molar-refractivity contribution in [2.24, 2.45) is 5.11 Å². The lowest BCUT2D eigenvalue weighted by Gasteiger charge is -1.82. The molecule has 0 rings (SSSR count).